The Balaban J connectivity index is 2.12. The Bertz CT molecular complexity index is 719. The summed E-state index contributed by atoms with van der Waals surface area (Å²) in [6, 6.07) is 6.99. The Morgan fingerprint density at radius 1 is 1.16 bits per heavy atom. The van der Waals surface area contributed by atoms with Gasteiger partial charge in [0, 0.05) is 18.7 Å². The van der Waals surface area contributed by atoms with E-state index in [0.29, 0.717) is 41.2 Å². The minimum Gasteiger partial charge on any atom is -0.497 e. The number of carbonyl (C=O) groups is 1. The fourth-order valence-corrected chi connectivity index (χ4v) is 2.16. The standard InChI is InChI=1S/C18H24N4O3/c1-12(2)7-8-19-18(23)15-10-17(21-11-20-15)22-14-9-13(24-3)5-6-16(14)25-4/h5-6,9-12H,7-8H2,1-4H3,(H,19,23)(H,20,21,22). The first-order chi connectivity index (χ1) is 12.0. The van der Waals surface area contributed by atoms with Crippen molar-refractivity contribution in [1.29, 1.82) is 0 Å². The van der Waals surface area contributed by atoms with Crippen LogP contribution in [0.3, 0.4) is 0 Å². The van der Waals surface area contributed by atoms with Gasteiger partial charge in [0.05, 0.1) is 19.9 Å². The van der Waals surface area contributed by atoms with Crippen LogP contribution in [0.1, 0.15) is 30.8 Å². The average molecular weight is 344 g/mol. The summed E-state index contributed by atoms with van der Waals surface area (Å²) in [5.74, 6) is 2.13. The maximum Gasteiger partial charge on any atom is 0.270 e. The second-order valence-electron chi connectivity index (χ2n) is 5.92. The summed E-state index contributed by atoms with van der Waals surface area (Å²) >= 11 is 0. The number of anilines is 2. The third-order valence-corrected chi connectivity index (χ3v) is 3.58. The van der Waals surface area contributed by atoms with Gasteiger partial charge in [-0.2, -0.15) is 0 Å². The van der Waals surface area contributed by atoms with Gasteiger partial charge in [-0.1, -0.05) is 13.8 Å². The molecule has 0 fully saturated rings. The summed E-state index contributed by atoms with van der Waals surface area (Å²) < 4.78 is 10.6. The van der Waals surface area contributed by atoms with Crippen molar-refractivity contribution >= 4 is 17.4 Å². The Morgan fingerprint density at radius 2 is 1.96 bits per heavy atom. The number of carbonyl (C=O) groups excluding carboxylic acids is 1. The lowest BCUT2D eigenvalue weighted by atomic mass is 10.1. The molecule has 0 spiro atoms. The highest BCUT2D eigenvalue weighted by molar-refractivity contribution is 5.93. The zero-order valence-corrected chi connectivity index (χ0v) is 15.0. The molecule has 0 unspecified atom stereocenters. The second kappa shape index (κ2) is 8.86. The van der Waals surface area contributed by atoms with E-state index in [4.69, 9.17) is 9.47 Å². The molecule has 0 saturated heterocycles. The van der Waals surface area contributed by atoms with Crippen LogP contribution < -0.4 is 20.1 Å². The van der Waals surface area contributed by atoms with Crippen molar-refractivity contribution in [3.8, 4) is 11.5 Å². The Hall–Kier alpha value is -2.83. The minimum absolute atomic E-state index is 0.219. The first-order valence-corrected chi connectivity index (χ1v) is 8.12. The van der Waals surface area contributed by atoms with E-state index in [9.17, 15) is 4.79 Å². The van der Waals surface area contributed by atoms with E-state index in [1.54, 1.807) is 38.5 Å². The number of amides is 1. The number of ether oxygens (including phenoxy) is 2. The van der Waals surface area contributed by atoms with E-state index in [1.807, 2.05) is 0 Å². The summed E-state index contributed by atoms with van der Waals surface area (Å²) in [6.07, 6.45) is 2.27. The first kappa shape index (κ1) is 18.5. The largest absolute Gasteiger partial charge is 0.497 e. The van der Waals surface area contributed by atoms with E-state index in [1.165, 1.54) is 6.33 Å². The lowest BCUT2D eigenvalue weighted by molar-refractivity contribution is 0.0947. The van der Waals surface area contributed by atoms with Crippen LogP contribution in [0, 0.1) is 5.92 Å². The van der Waals surface area contributed by atoms with Gasteiger partial charge in [-0.05, 0) is 24.5 Å². The predicted molar refractivity (Wildman–Crippen MR) is 96.6 cm³/mol. The van der Waals surface area contributed by atoms with Crippen LogP contribution in [0.15, 0.2) is 30.6 Å². The van der Waals surface area contributed by atoms with Gasteiger partial charge in [0.25, 0.3) is 5.91 Å². The van der Waals surface area contributed by atoms with Crippen molar-refractivity contribution in [2.24, 2.45) is 5.92 Å². The van der Waals surface area contributed by atoms with Crippen LogP contribution in [0.4, 0.5) is 11.5 Å². The molecule has 1 amide bonds. The number of hydrogen-bond acceptors (Lipinski definition) is 6. The highest BCUT2D eigenvalue weighted by Crippen LogP contribution is 2.30. The molecule has 0 aliphatic rings. The lowest BCUT2D eigenvalue weighted by Gasteiger charge is -2.12. The van der Waals surface area contributed by atoms with Crippen LogP contribution in [0.25, 0.3) is 0 Å². The monoisotopic (exact) mass is 344 g/mol. The van der Waals surface area contributed by atoms with Crippen LogP contribution in [-0.2, 0) is 0 Å². The molecule has 1 heterocycles. The predicted octanol–water partition coefficient (Wildman–Crippen LogP) is 3.01. The molecule has 0 aliphatic heterocycles. The summed E-state index contributed by atoms with van der Waals surface area (Å²) in [5.41, 5.74) is 0.995. The van der Waals surface area contributed by atoms with E-state index < -0.39 is 0 Å². The Morgan fingerprint density at radius 3 is 2.64 bits per heavy atom. The third kappa shape index (κ3) is 5.34. The molecule has 2 aromatic rings. The maximum atomic E-state index is 12.2. The molecule has 1 aromatic carbocycles. The lowest BCUT2D eigenvalue weighted by Crippen LogP contribution is -2.26. The highest BCUT2D eigenvalue weighted by Gasteiger charge is 2.11. The molecule has 0 bridgehead atoms. The Labute approximate surface area is 147 Å². The van der Waals surface area contributed by atoms with Crippen LogP contribution >= 0.6 is 0 Å². The molecule has 0 radical (unpaired) electrons. The Kier molecular flexibility index (Phi) is 6.56. The minimum atomic E-state index is -0.219. The molecule has 134 valence electrons. The zero-order chi connectivity index (χ0) is 18.2. The summed E-state index contributed by atoms with van der Waals surface area (Å²) in [4.78, 5) is 20.4. The molecule has 0 atom stereocenters. The van der Waals surface area contributed by atoms with E-state index in [0.717, 1.165) is 6.42 Å². The van der Waals surface area contributed by atoms with Crippen molar-refractivity contribution < 1.29 is 14.3 Å². The molecule has 7 heteroatoms. The number of rotatable bonds is 8. The molecule has 2 rings (SSSR count). The first-order valence-electron chi connectivity index (χ1n) is 8.12. The van der Waals surface area contributed by atoms with Gasteiger partial charge in [-0.25, -0.2) is 9.97 Å². The number of nitrogens with one attached hydrogen (secondary N) is 2. The van der Waals surface area contributed by atoms with Gasteiger partial charge < -0.3 is 20.1 Å². The maximum absolute atomic E-state index is 12.2. The third-order valence-electron chi connectivity index (χ3n) is 3.58. The van der Waals surface area contributed by atoms with Gasteiger partial charge in [0.1, 0.15) is 29.3 Å². The van der Waals surface area contributed by atoms with Crippen molar-refractivity contribution in [3.63, 3.8) is 0 Å². The molecular formula is C18H24N4O3. The molecule has 1 aromatic heterocycles. The van der Waals surface area contributed by atoms with Crippen molar-refractivity contribution in [2.45, 2.75) is 20.3 Å². The number of benzene rings is 1. The SMILES string of the molecule is COc1ccc(OC)c(Nc2cc(C(=O)NCCC(C)C)ncn2)c1. The van der Waals surface area contributed by atoms with Gasteiger partial charge in [0.15, 0.2) is 0 Å². The summed E-state index contributed by atoms with van der Waals surface area (Å²) in [7, 11) is 3.18. The quantitative estimate of drug-likeness (QED) is 0.766. The van der Waals surface area contributed by atoms with Gasteiger partial charge >= 0.3 is 0 Å². The van der Waals surface area contributed by atoms with Gasteiger partial charge in [-0.15, -0.1) is 0 Å². The molecular weight excluding hydrogens is 320 g/mol. The van der Waals surface area contributed by atoms with Gasteiger partial charge in [-0.3, -0.25) is 4.79 Å². The smallest absolute Gasteiger partial charge is 0.270 e. The number of nitrogens with zero attached hydrogens (tertiary/aromatic N) is 2. The van der Waals surface area contributed by atoms with Crippen LogP contribution in [0.2, 0.25) is 0 Å². The summed E-state index contributed by atoms with van der Waals surface area (Å²) in [6.45, 7) is 4.84. The number of methoxy groups -OCH3 is 2. The fourth-order valence-electron chi connectivity index (χ4n) is 2.16. The molecule has 0 aliphatic carbocycles. The van der Waals surface area contributed by atoms with Crippen molar-refractivity contribution in [3.05, 3.63) is 36.3 Å². The molecule has 25 heavy (non-hydrogen) atoms. The molecule has 2 N–H and O–H groups in total. The zero-order valence-electron chi connectivity index (χ0n) is 15.0. The van der Waals surface area contributed by atoms with Crippen LogP contribution in [-0.4, -0.2) is 36.6 Å². The van der Waals surface area contributed by atoms with Crippen molar-refractivity contribution in [2.75, 3.05) is 26.1 Å². The normalized spacial score (nSPS) is 10.4. The highest BCUT2D eigenvalue weighted by atomic mass is 16.5. The topological polar surface area (TPSA) is 85.4 Å². The average Bonchev–Trinajstić information content (AvgIpc) is 2.61. The van der Waals surface area contributed by atoms with E-state index >= 15 is 0 Å². The van der Waals surface area contributed by atoms with Crippen molar-refractivity contribution in [1.82, 2.24) is 15.3 Å². The summed E-state index contributed by atoms with van der Waals surface area (Å²) in [5, 5.41) is 5.99. The van der Waals surface area contributed by atoms with Gasteiger partial charge in [0.2, 0.25) is 0 Å². The second-order valence-corrected chi connectivity index (χ2v) is 5.92. The number of aromatic nitrogens is 2. The van der Waals surface area contributed by atoms with E-state index in [2.05, 4.69) is 34.4 Å². The molecule has 7 nitrogen and oxygen atoms in total. The number of hydrogen-bond donors (Lipinski definition) is 2. The van der Waals surface area contributed by atoms with Crippen LogP contribution in [0.5, 0.6) is 11.5 Å². The molecule has 0 saturated carbocycles. The fraction of sp³-hybridized carbons (Fsp3) is 0.389. The van der Waals surface area contributed by atoms with E-state index in [-0.39, 0.29) is 5.91 Å².